The summed E-state index contributed by atoms with van der Waals surface area (Å²) in [5.74, 6) is 1.79. The molecule has 1 fully saturated rings. The largest absolute Gasteiger partial charge is 0.454 e. The first kappa shape index (κ1) is 12.5. The Morgan fingerprint density at radius 3 is 3.09 bits per heavy atom. The quantitative estimate of drug-likeness (QED) is 0.925. The van der Waals surface area contributed by atoms with E-state index in [1.54, 1.807) is 0 Å². The van der Waals surface area contributed by atoms with Crippen LogP contribution in [0.5, 0.6) is 11.5 Å². The standard InChI is InChI=1S/C17H19N3O2/c1-3-12(15-14(4-1)21-11-22-15)9-20-8-5-13-16(19-10-18-13)17(20)6-2-7-17/h1,3-4,10H,2,5-9,11H2,(H,18,19). The number of nitrogens with zero attached hydrogens (tertiary/aromatic N) is 2. The summed E-state index contributed by atoms with van der Waals surface area (Å²) in [5.41, 5.74) is 3.96. The molecule has 2 aromatic rings. The Kier molecular flexibility index (Phi) is 2.56. The maximum atomic E-state index is 5.67. The number of rotatable bonds is 2. The van der Waals surface area contributed by atoms with Gasteiger partial charge in [0, 0.05) is 30.8 Å². The van der Waals surface area contributed by atoms with E-state index >= 15 is 0 Å². The number of hydrogen-bond donors (Lipinski definition) is 1. The third-order valence-corrected chi connectivity index (χ3v) is 5.42. The third kappa shape index (κ3) is 1.60. The van der Waals surface area contributed by atoms with Crippen LogP contribution < -0.4 is 9.47 Å². The molecule has 22 heavy (non-hydrogen) atoms. The molecule has 0 saturated heterocycles. The zero-order valence-corrected chi connectivity index (χ0v) is 12.5. The molecule has 0 amide bonds. The molecule has 1 saturated carbocycles. The van der Waals surface area contributed by atoms with Crippen molar-refractivity contribution in [2.45, 2.75) is 37.8 Å². The van der Waals surface area contributed by atoms with Crippen molar-refractivity contribution in [1.82, 2.24) is 14.9 Å². The summed E-state index contributed by atoms with van der Waals surface area (Å²) >= 11 is 0. The van der Waals surface area contributed by atoms with E-state index in [9.17, 15) is 0 Å². The molecular formula is C17H19N3O2. The van der Waals surface area contributed by atoms with Crippen LogP contribution in [0.3, 0.4) is 0 Å². The van der Waals surface area contributed by atoms with Gasteiger partial charge in [0.2, 0.25) is 6.79 Å². The molecule has 1 aliphatic carbocycles. The number of imidazole rings is 1. The van der Waals surface area contributed by atoms with Gasteiger partial charge >= 0.3 is 0 Å². The van der Waals surface area contributed by atoms with E-state index in [0.29, 0.717) is 6.79 Å². The van der Waals surface area contributed by atoms with Gasteiger partial charge in [-0.05, 0) is 25.3 Å². The minimum absolute atomic E-state index is 0.135. The van der Waals surface area contributed by atoms with Crippen molar-refractivity contribution < 1.29 is 9.47 Å². The van der Waals surface area contributed by atoms with Crippen LogP contribution in [0.15, 0.2) is 24.5 Å². The van der Waals surface area contributed by atoms with Gasteiger partial charge in [0.1, 0.15) is 0 Å². The second kappa shape index (κ2) is 4.49. The number of fused-ring (bicyclic) bond motifs is 3. The molecule has 5 heteroatoms. The number of para-hydroxylation sites is 1. The molecule has 5 rings (SSSR count). The summed E-state index contributed by atoms with van der Waals surface area (Å²) in [6.45, 7) is 2.31. The molecule has 1 aromatic heterocycles. The van der Waals surface area contributed by atoms with Crippen molar-refractivity contribution >= 4 is 0 Å². The lowest BCUT2D eigenvalue weighted by Gasteiger charge is -2.52. The van der Waals surface area contributed by atoms with Gasteiger partial charge in [-0.3, -0.25) is 4.90 Å². The molecule has 1 spiro atoms. The number of hydrogen-bond acceptors (Lipinski definition) is 4. The van der Waals surface area contributed by atoms with E-state index in [1.807, 2.05) is 12.4 Å². The van der Waals surface area contributed by atoms with Crippen LogP contribution in [0.2, 0.25) is 0 Å². The molecule has 0 unspecified atom stereocenters. The molecule has 3 heterocycles. The summed E-state index contributed by atoms with van der Waals surface area (Å²) < 4.78 is 11.2. The molecule has 0 atom stereocenters. The third-order valence-electron chi connectivity index (χ3n) is 5.42. The van der Waals surface area contributed by atoms with E-state index < -0.39 is 0 Å². The first-order valence-corrected chi connectivity index (χ1v) is 8.02. The first-order chi connectivity index (χ1) is 10.9. The van der Waals surface area contributed by atoms with Gasteiger partial charge in [-0.1, -0.05) is 12.1 Å². The summed E-state index contributed by atoms with van der Waals surface area (Å²) in [7, 11) is 0. The van der Waals surface area contributed by atoms with Crippen LogP contribution in [-0.4, -0.2) is 28.2 Å². The van der Waals surface area contributed by atoms with Gasteiger partial charge in [-0.15, -0.1) is 0 Å². The minimum atomic E-state index is 0.135. The smallest absolute Gasteiger partial charge is 0.231 e. The highest BCUT2D eigenvalue weighted by Gasteiger charge is 2.49. The van der Waals surface area contributed by atoms with Gasteiger partial charge in [-0.25, -0.2) is 4.98 Å². The predicted molar refractivity (Wildman–Crippen MR) is 80.8 cm³/mol. The van der Waals surface area contributed by atoms with Gasteiger partial charge in [-0.2, -0.15) is 0 Å². The molecule has 0 radical (unpaired) electrons. The van der Waals surface area contributed by atoms with Crippen LogP contribution in [-0.2, 0) is 18.5 Å². The average molecular weight is 297 g/mol. The highest BCUT2D eigenvalue weighted by atomic mass is 16.7. The Hall–Kier alpha value is -2.01. The van der Waals surface area contributed by atoms with Gasteiger partial charge in [0.05, 0.1) is 17.6 Å². The van der Waals surface area contributed by atoms with E-state index in [4.69, 9.17) is 9.47 Å². The second-order valence-corrected chi connectivity index (χ2v) is 6.44. The number of H-pyrrole nitrogens is 1. The number of ether oxygens (including phenoxy) is 2. The van der Waals surface area contributed by atoms with E-state index in [1.165, 1.54) is 36.2 Å². The summed E-state index contributed by atoms with van der Waals surface area (Å²) in [4.78, 5) is 10.6. The SMILES string of the molecule is c1cc(CN2CCc3[nH]cnc3C23CCC3)c2c(c1)OCO2. The Morgan fingerprint density at radius 2 is 2.23 bits per heavy atom. The van der Waals surface area contributed by atoms with Crippen molar-refractivity contribution in [3.63, 3.8) is 0 Å². The topological polar surface area (TPSA) is 50.4 Å². The number of benzene rings is 1. The molecule has 1 aromatic carbocycles. The normalized spacial score (nSPS) is 21.6. The van der Waals surface area contributed by atoms with Crippen LogP contribution >= 0.6 is 0 Å². The zero-order chi connectivity index (χ0) is 14.6. The van der Waals surface area contributed by atoms with Crippen molar-refractivity contribution in [2.24, 2.45) is 0 Å². The molecule has 2 aliphatic heterocycles. The lowest BCUT2D eigenvalue weighted by molar-refractivity contribution is -0.00883. The van der Waals surface area contributed by atoms with Gasteiger partial charge in [0.25, 0.3) is 0 Å². The van der Waals surface area contributed by atoms with Gasteiger partial charge < -0.3 is 14.5 Å². The fourth-order valence-corrected chi connectivity index (χ4v) is 4.14. The zero-order valence-electron chi connectivity index (χ0n) is 12.5. The Labute approximate surface area is 129 Å². The molecule has 0 bridgehead atoms. The number of aromatic amines is 1. The predicted octanol–water partition coefficient (Wildman–Crippen LogP) is 2.58. The summed E-state index contributed by atoms with van der Waals surface area (Å²) in [6.07, 6.45) is 6.60. The maximum absolute atomic E-state index is 5.67. The van der Waals surface area contributed by atoms with Crippen LogP contribution in [0.1, 0.15) is 36.2 Å². The van der Waals surface area contributed by atoms with E-state index in [0.717, 1.165) is 31.0 Å². The lowest BCUT2D eigenvalue weighted by atomic mass is 9.70. The molecule has 5 nitrogen and oxygen atoms in total. The van der Waals surface area contributed by atoms with Gasteiger partial charge in [0.15, 0.2) is 11.5 Å². The highest BCUT2D eigenvalue weighted by molar-refractivity contribution is 5.48. The van der Waals surface area contributed by atoms with E-state index in [-0.39, 0.29) is 5.54 Å². The first-order valence-electron chi connectivity index (χ1n) is 8.02. The molecule has 114 valence electrons. The van der Waals surface area contributed by atoms with Crippen molar-refractivity contribution in [3.8, 4) is 11.5 Å². The lowest BCUT2D eigenvalue weighted by Crippen LogP contribution is -2.54. The van der Waals surface area contributed by atoms with Crippen molar-refractivity contribution in [1.29, 1.82) is 0 Å². The second-order valence-electron chi connectivity index (χ2n) is 6.44. The summed E-state index contributed by atoms with van der Waals surface area (Å²) in [5, 5.41) is 0. The molecule has 1 N–H and O–H groups in total. The minimum Gasteiger partial charge on any atom is -0.454 e. The maximum Gasteiger partial charge on any atom is 0.231 e. The van der Waals surface area contributed by atoms with Crippen molar-refractivity contribution in [2.75, 3.05) is 13.3 Å². The Morgan fingerprint density at radius 1 is 1.27 bits per heavy atom. The fraction of sp³-hybridized carbons (Fsp3) is 0.471. The van der Waals surface area contributed by atoms with Crippen LogP contribution in [0.25, 0.3) is 0 Å². The number of aromatic nitrogens is 2. The van der Waals surface area contributed by atoms with Crippen LogP contribution in [0, 0.1) is 0 Å². The number of nitrogens with one attached hydrogen (secondary N) is 1. The molecule has 3 aliphatic rings. The Bertz CT molecular complexity index is 720. The van der Waals surface area contributed by atoms with Crippen LogP contribution in [0.4, 0.5) is 0 Å². The molecular weight excluding hydrogens is 278 g/mol. The monoisotopic (exact) mass is 297 g/mol. The van der Waals surface area contributed by atoms with E-state index in [2.05, 4.69) is 27.0 Å². The Balaban J connectivity index is 1.50. The summed E-state index contributed by atoms with van der Waals surface area (Å²) in [6, 6.07) is 6.19. The average Bonchev–Trinajstić information content (AvgIpc) is 3.14. The fourth-order valence-electron chi connectivity index (χ4n) is 4.14. The van der Waals surface area contributed by atoms with Crippen molar-refractivity contribution in [3.05, 3.63) is 41.5 Å². The highest BCUT2D eigenvalue weighted by Crippen LogP contribution is 2.50.